The first-order valence-electron chi connectivity index (χ1n) is 15.9. The van der Waals surface area contributed by atoms with Crippen LogP contribution in [0, 0.1) is 0 Å². The SMILES string of the molecule is NC(=NC(=NCc1ccccc1)c1cccc(-c2cccc(-c3cc(-c4ccccc4)nc(-c4ccccc4)n3)c2)c1)c1ccccc1. The van der Waals surface area contributed by atoms with Crippen LogP contribution in [-0.4, -0.2) is 21.6 Å². The van der Waals surface area contributed by atoms with E-state index in [4.69, 9.17) is 25.7 Å². The van der Waals surface area contributed by atoms with Crippen molar-refractivity contribution in [2.45, 2.75) is 6.54 Å². The molecule has 7 rings (SSSR count). The third-order valence-electron chi connectivity index (χ3n) is 7.99. The molecule has 5 nitrogen and oxygen atoms in total. The van der Waals surface area contributed by atoms with Crippen molar-refractivity contribution in [2.24, 2.45) is 15.7 Å². The van der Waals surface area contributed by atoms with E-state index in [0.29, 0.717) is 24.0 Å². The van der Waals surface area contributed by atoms with Crippen LogP contribution in [0.2, 0.25) is 0 Å². The summed E-state index contributed by atoms with van der Waals surface area (Å²) in [6.45, 7) is 0.489. The highest BCUT2D eigenvalue weighted by molar-refractivity contribution is 6.11. The fourth-order valence-electron chi connectivity index (χ4n) is 5.49. The van der Waals surface area contributed by atoms with Gasteiger partial charge < -0.3 is 5.73 Å². The molecule has 2 N–H and O–H groups in total. The molecule has 0 amide bonds. The van der Waals surface area contributed by atoms with E-state index in [2.05, 4.69) is 66.7 Å². The zero-order valence-corrected chi connectivity index (χ0v) is 26.3. The van der Waals surface area contributed by atoms with E-state index in [1.165, 1.54) is 0 Å². The first-order valence-corrected chi connectivity index (χ1v) is 15.9. The lowest BCUT2D eigenvalue weighted by molar-refractivity contribution is 1.06. The summed E-state index contributed by atoms with van der Waals surface area (Å²) in [6.07, 6.45) is 0. The molecule has 48 heavy (non-hydrogen) atoms. The van der Waals surface area contributed by atoms with Crippen molar-refractivity contribution in [1.82, 2.24) is 9.97 Å². The van der Waals surface area contributed by atoms with Gasteiger partial charge in [0.1, 0.15) is 5.84 Å². The summed E-state index contributed by atoms with van der Waals surface area (Å²) in [4.78, 5) is 19.8. The van der Waals surface area contributed by atoms with Gasteiger partial charge in [-0.1, -0.05) is 158 Å². The maximum absolute atomic E-state index is 6.50. The van der Waals surface area contributed by atoms with Gasteiger partial charge in [-0.25, -0.2) is 15.0 Å². The van der Waals surface area contributed by atoms with Gasteiger partial charge in [0, 0.05) is 27.8 Å². The molecule has 0 aliphatic heterocycles. The maximum Gasteiger partial charge on any atom is 0.160 e. The van der Waals surface area contributed by atoms with Crippen molar-refractivity contribution in [1.29, 1.82) is 0 Å². The molecule has 5 heteroatoms. The van der Waals surface area contributed by atoms with E-state index >= 15 is 0 Å². The van der Waals surface area contributed by atoms with Crippen molar-refractivity contribution < 1.29 is 0 Å². The molecule has 6 aromatic carbocycles. The Morgan fingerprint density at radius 3 is 1.65 bits per heavy atom. The fourth-order valence-corrected chi connectivity index (χ4v) is 5.49. The highest BCUT2D eigenvalue weighted by Crippen LogP contribution is 2.30. The third kappa shape index (κ3) is 7.16. The number of aliphatic imine (C=N–C) groups is 2. The van der Waals surface area contributed by atoms with E-state index in [0.717, 1.165) is 55.9 Å². The predicted octanol–water partition coefficient (Wildman–Crippen LogP) is 9.50. The number of nitrogens with two attached hydrogens (primary N) is 1. The Balaban J connectivity index is 1.28. The number of nitrogens with zero attached hydrogens (tertiary/aromatic N) is 4. The first-order chi connectivity index (χ1) is 23.7. The highest BCUT2D eigenvalue weighted by Gasteiger charge is 2.12. The van der Waals surface area contributed by atoms with E-state index < -0.39 is 0 Å². The second-order valence-corrected chi connectivity index (χ2v) is 11.3. The summed E-state index contributed by atoms with van der Waals surface area (Å²) in [5.41, 5.74) is 16.2. The molecule has 1 aromatic heterocycles. The molecule has 0 fully saturated rings. The van der Waals surface area contributed by atoms with Gasteiger partial charge in [0.2, 0.25) is 0 Å². The lowest BCUT2D eigenvalue weighted by Gasteiger charge is -2.11. The molecule has 0 bridgehead atoms. The monoisotopic (exact) mass is 619 g/mol. The molecule has 0 aliphatic carbocycles. The Hall–Kier alpha value is -6.46. The lowest BCUT2D eigenvalue weighted by atomic mass is 9.99. The van der Waals surface area contributed by atoms with Crippen molar-refractivity contribution in [3.8, 4) is 45.0 Å². The summed E-state index contributed by atoms with van der Waals surface area (Å²) in [7, 11) is 0. The minimum atomic E-state index is 0.419. The molecular formula is C43H33N5. The Bertz CT molecular complexity index is 2140. The van der Waals surface area contributed by atoms with Gasteiger partial charge in [0.05, 0.1) is 17.9 Å². The fraction of sp³-hybridized carbons (Fsp3) is 0.0233. The molecule has 0 aliphatic rings. The molecule has 0 unspecified atom stereocenters. The maximum atomic E-state index is 6.50. The number of benzene rings is 6. The first kappa shape index (κ1) is 30.2. The van der Waals surface area contributed by atoms with E-state index in [-0.39, 0.29) is 0 Å². The number of aromatic nitrogens is 2. The number of hydrogen-bond acceptors (Lipinski definition) is 3. The summed E-state index contributed by atoms with van der Waals surface area (Å²) in [5.74, 6) is 1.68. The Kier molecular flexibility index (Phi) is 9.01. The third-order valence-corrected chi connectivity index (χ3v) is 7.99. The van der Waals surface area contributed by atoms with Gasteiger partial charge in [-0.3, -0.25) is 4.99 Å². The molecule has 0 spiro atoms. The van der Waals surface area contributed by atoms with E-state index in [1.54, 1.807) is 0 Å². The predicted molar refractivity (Wildman–Crippen MR) is 198 cm³/mol. The molecule has 0 atom stereocenters. The summed E-state index contributed by atoms with van der Waals surface area (Å²) in [5, 5.41) is 0. The summed E-state index contributed by atoms with van der Waals surface area (Å²) < 4.78 is 0. The average Bonchev–Trinajstić information content (AvgIpc) is 3.18. The van der Waals surface area contributed by atoms with Crippen LogP contribution in [0.25, 0.3) is 45.0 Å². The topological polar surface area (TPSA) is 76.5 Å². The minimum absolute atomic E-state index is 0.419. The number of hydrogen-bond donors (Lipinski definition) is 1. The number of rotatable bonds is 8. The molecule has 0 saturated carbocycles. The van der Waals surface area contributed by atoms with Gasteiger partial charge >= 0.3 is 0 Å². The minimum Gasteiger partial charge on any atom is -0.383 e. The average molecular weight is 620 g/mol. The smallest absolute Gasteiger partial charge is 0.160 e. The Morgan fingerprint density at radius 2 is 0.958 bits per heavy atom. The van der Waals surface area contributed by atoms with Crippen LogP contribution >= 0.6 is 0 Å². The standard InChI is InChI=1S/C43H33N5/c44-41(33-19-9-3-10-20-33)48-42(45-30-31-15-5-1-6-16-31)38-26-14-24-36(28-38)35-23-13-25-37(27-35)40-29-39(32-17-7-2-8-18-32)46-43(47-40)34-21-11-4-12-22-34/h1-29H,30H2,(H2,44,45,48). The van der Waals surface area contributed by atoms with Gasteiger partial charge in [-0.2, -0.15) is 0 Å². The molecule has 0 radical (unpaired) electrons. The van der Waals surface area contributed by atoms with Crippen LogP contribution in [0.5, 0.6) is 0 Å². The zero-order valence-electron chi connectivity index (χ0n) is 26.3. The lowest BCUT2D eigenvalue weighted by Crippen LogP contribution is -2.16. The Morgan fingerprint density at radius 1 is 0.458 bits per heavy atom. The van der Waals surface area contributed by atoms with E-state index in [1.807, 2.05) is 109 Å². The van der Waals surface area contributed by atoms with Crippen molar-refractivity contribution in [2.75, 3.05) is 0 Å². The van der Waals surface area contributed by atoms with Crippen LogP contribution in [0.15, 0.2) is 186 Å². The Labute approximate surface area is 280 Å². The van der Waals surface area contributed by atoms with Gasteiger partial charge in [-0.05, 0) is 34.9 Å². The second kappa shape index (κ2) is 14.3. The van der Waals surface area contributed by atoms with Crippen LogP contribution in [0.3, 0.4) is 0 Å². The molecule has 0 saturated heterocycles. The molecule has 1 heterocycles. The summed E-state index contributed by atoms with van der Waals surface area (Å²) in [6, 6.07) is 59.1. The van der Waals surface area contributed by atoms with Crippen molar-refractivity contribution in [3.63, 3.8) is 0 Å². The second-order valence-electron chi connectivity index (χ2n) is 11.3. The zero-order chi connectivity index (χ0) is 32.5. The van der Waals surface area contributed by atoms with Crippen molar-refractivity contribution in [3.05, 3.63) is 193 Å². The highest BCUT2D eigenvalue weighted by atomic mass is 15.0. The normalized spacial score (nSPS) is 11.8. The largest absolute Gasteiger partial charge is 0.383 e. The number of amidine groups is 2. The van der Waals surface area contributed by atoms with Crippen LogP contribution < -0.4 is 5.73 Å². The quantitative estimate of drug-likeness (QED) is 0.136. The molecular weight excluding hydrogens is 587 g/mol. The van der Waals surface area contributed by atoms with Crippen LogP contribution in [0.4, 0.5) is 0 Å². The molecule has 230 valence electrons. The van der Waals surface area contributed by atoms with Gasteiger partial charge in [0.25, 0.3) is 0 Å². The van der Waals surface area contributed by atoms with Gasteiger partial charge in [-0.15, -0.1) is 0 Å². The van der Waals surface area contributed by atoms with E-state index in [9.17, 15) is 0 Å². The van der Waals surface area contributed by atoms with Crippen LogP contribution in [-0.2, 0) is 6.54 Å². The van der Waals surface area contributed by atoms with Crippen LogP contribution in [0.1, 0.15) is 16.7 Å². The summed E-state index contributed by atoms with van der Waals surface area (Å²) >= 11 is 0. The van der Waals surface area contributed by atoms with Gasteiger partial charge in [0.15, 0.2) is 11.7 Å². The molecule has 7 aromatic rings. The van der Waals surface area contributed by atoms with Crippen molar-refractivity contribution >= 4 is 11.7 Å².